The Hall–Kier alpha value is -1.35. The number of nitrogens with two attached hydrogens (primary N) is 1. The summed E-state index contributed by atoms with van der Waals surface area (Å²) in [6, 6.07) is 3.99. The van der Waals surface area contributed by atoms with Gasteiger partial charge in [0.05, 0.1) is 0 Å². The lowest BCUT2D eigenvalue weighted by atomic mass is 10.1. The molecular formula is C13H21N3. The van der Waals surface area contributed by atoms with Crippen molar-refractivity contribution in [2.45, 2.75) is 25.8 Å². The van der Waals surface area contributed by atoms with E-state index in [1.54, 1.807) is 0 Å². The van der Waals surface area contributed by atoms with Gasteiger partial charge in [-0.2, -0.15) is 0 Å². The van der Waals surface area contributed by atoms with Crippen LogP contribution >= 0.6 is 0 Å². The van der Waals surface area contributed by atoms with Gasteiger partial charge in [0.15, 0.2) is 0 Å². The Balaban J connectivity index is 2.73. The molecule has 1 heterocycles. The normalized spacial score (nSPS) is 12.2. The quantitative estimate of drug-likeness (QED) is 0.590. The molecule has 1 aromatic heterocycles. The van der Waals surface area contributed by atoms with Gasteiger partial charge >= 0.3 is 0 Å². The summed E-state index contributed by atoms with van der Waals surface area (Å²) in [6.07, 6.45) is 5.88. The van der Waals surface area contributed by atoms with Gasteiger partial charge < -0.3 is 10.6 Å². The van der Waals surface area contributed by atoms with Crippen LogP contribution in [0.2, 0.25) is 0 Å². The van der Waals surface area contributed by atoms with E-state index in [4.69, 9.17) is 5.73 Å². The number of rotatable bonds is 6. The zero-order valence-corrected chi connectivity index (χ0v) is 10.2. The van der Waals surface area contributed by atoms with Gasteiger partial charge in [0.2, 0.25) is 0 Å². The van der Waals surface area contributed by atoms with Crippen LogP contribution in [0.4, 0.5) is 5.82 Å². The van der Waals surface area contributed by atoms with E-state index in [2.05, 4.69) is 23.5 Å². The number of anilines is 1. The van der Waals surface area contributed by atoms with E-state index in [1.165, 1.54) is 0 Å². The second-order valence-electron chi connectivity index (χ2n) is 4.06. The molecule has 0 amide bonds. The number of unbranched alkanes of at least 4 members (excludes halogenated alkanes) is 1. The minimum atomic E-state index is 0.0190. The van der Waals surface area contributed by atoms with E-state index in [0.717, 1.165) is 30.8 Å². The third-order valence-corrected chi connectivity index (χ3v) is 2.57. The first kappa shape index (κ1) is 12.7. The fraction of sp³-hybridized carbons (Fsp3) is 0.462. The monoisotopic (exact) mass is 219 g/mol. The molecule has 1 rings (SSSR count). The molecule has 1 atom stereocenters. The van der Waals surface area contributed by atoms with E-state index in [9.17, 15) is 0 Å². The minimum Gasteiger partial charge on any atom is -0.359 e. The molecule has 2 N–H and O–H groups in total. The Kier molecular flexibility index (Phi) is 4.99. The molecule has 0 aliphatic carbocycles. The number of nitrogens with zero attached hydrogens (tertiary/aromatic N) is 2. The van der Waals surface area contributed by atoms with Crippen molar-refractivity contribution in [2.75, 3.05) is 18.5 Å². The second-order valence-corrected chi connectivity index (χ2v) is 4.06. The molecule has 0 aliphatic heterocycles. The maximum atomic E-state index is 5.92. The SMILES string of the molecule is C=CCCCN(C)c1ncccc1[C@H](C)N. The molecule has 0 radical (unpaired) electrons. The summed E-state index contributed by atoms with van der Waals surface area (Å²) in [6.45, 7) is 6.68. The van der Waals surface area contributed by atoms with Crippen LogP contribution in [0.25, 0.3) is 0 Å². The van der Waals surface area contributed by atoms with Crippen LogP contribution in [0, 0.1) is 0 Å². The lowest BCUT2D eigenvalue weighted by Gasteiger charge is -2.22. The fourth-order valence-corrected chi connectivity index (χ4v) is 1.66. The third kappa shape index (κ3) is 3.35. The standard InChI is InChI=1S/C13H21N3/c1-4-5-6-10-16(3)13-12(11(2)14)8-7-9-15-13/h4,7-9,11H,1,5-6,10,14H2,2-3H3/t11-/m0/s1. The van der Waals surface area contributed by atoms with E-state index in [0.29, 0.717) is 0 Å². The summed E-state index contributed by atoms with van der Waals surface area (Å²) < 4.78 is 0. The molecule has 0 saturated carbocycles. The zero-order chi connectivity index (χ0) is 12.0. The summed E-state index contributed by atoms with van der Waals surface area (Å²) in [7, 11) is 2.05. The largest absolute Gasteiger partial charge is 0.359 e. The minimum absolute atomic E-state index is 0.0190. The summed E-state index contributed by atoms with van der Waals surface area (Å²) in [5, 5.41) is 0. The highest BCUT2D eigenvalue weighted by Crippen LogP contribution is 2.21. The lowest BCUT2D eigenvalue weighted by molar-refractivity contribution is 0.760. The van der Waals surface area contributed by atoms with Crippen molar-refractivity contribution >= 4 is 5.82 Å². The molecule has 0 aliphatic rings. The number of hydrogen-bond donors (Lipinski definition) is 1. The number of pyridine rings is 1. The molecule has 0 unspecified atom stereocenters. The highest BCUT2D eigenvalue weighted by molar-refractivity contribution is 5.47. The Bertz CT molecular complexity index is 334. The van der Waals surface area contributed by atoms with Crippen molar-refractivity contribution in [1.29, 1.82) is 0 Å². The second kappa shape index (κ2) is 6.28. The predicted molar refractivity (Wildman–Crippen MR) is 69.5 cm³/mol. The predicted octanol–water partition coefficient (Wildman–Crippen LogP) is 2.50. The van der Waals surface area contributed by atoms with E-state index in [-0.39, 0.29) is 6.04 Å². The van der Waals surface area contributed by atoms with Gasteiger partial charge in [-0.15, -0.1) is 6.58 Å². The van der Waals surface area contributed by atoms with Crippen molar-refractivity contribution in [3.8, 4) is 0 Å². The van der Waals surface area contributed by atoms with Crippen LogP contribution in [-0.4, -0.2) is 18.6 Å². The first-order chi connectivity index (χ1) is 7.66. The average Bonchev–Trinajstić information content (AvgIpc) is 2.29. The number of aromatic nitrogens is 1. The van der Waals surface area contributed by atoms with Crippen molar-refractivity contribution in [2.24, 2.45) is 5.73 Å². The number of hydrogen-bond acceptors (Lipinski definition) is 3. The van der Waals surface area contributed by atoms with Crippen LogP contribution < -0.4 is 10.6 Å². The summed E-state index contributed by atoms with van der Waals surface area (Å²) >= 11 is 0. The molecule has 1 aromatic rings. The van der Waals surface area contributed by atoms with Crippen LogP contribution in [0.1, 0.15) is 31.4 Å². The number of allylic oxidation sites excluding steroid dienone is 1. The molecule has 0 fully saturated rings. The van der Waals surface area contributed by atoms with Gasteiger partial charge in [-0.3, -0.25) is 0 Å². The Morgan fingerprint density at radius 3 is 3.00 bits per heavy atom. The maximum absolute atomic E-state index is 5.92. The Morgan fingerprint density at radius 2 is 2.38 bits per heavy atom. The summed E-state index contributed by atoms with van der Waals surface area (Å²) in [4.78, 5) is 6.55. The van der Waals surface area contributed by atoms with Gasteiger partial charge in [-0.05, 0) is 25.8 Å². The molecule has 16 heavy (non-hydrogen) atoms. The Labute approximate surface area is 98.0 Å². The van der Waals surface area contributed by atoms with Crippen LogP contribution in [0.15, 0.2) is 31.0 Å². The molecule has 3 heteroatoms. The molecule has 0 aromatic carbocycles. The Morgan fingerprint density at radius 1 is 1.62 bits per heavy atom. The smallest absolute Gasteiger partial charge is 0.133 e. The first-order valence-corrected chi connectivity index (χ1v) is 5.69. The molecule has 0 saturated heterocycles. The highest BCUT2D eigenvalue weighted by atomic mass is 15.2. The molecule has 0 bridgehead atoms. The van der Waals surface area contributed by atoms with E-state index >= 15 is 0 Å². The highest BCUT2D eigenvalue weighted by Gasteiger charge is 2.10. The van der Waals surface area contributed by atoms with Crippen LogP contribution in [0.5, 0.6) is 0 Å². The summed E-state index contributed by atoms with van der Waals surface area (Å²) in [5.41, 5.74) is 7.02. The van der Waals surface area contributed by atoms with Crippen molar-refractivity contribution in [1.82, 2.24) is 4.98 Å². The van der Waals surface area contributed by atoms with Crippen LogP contribution in [0.3, 0.4) is 0 Å². The van der Waals surface area contributed by atoms with Crippen molar-refractivity contribution in [3.63, 3.8) is 0 Å². The van der Waals surface area contributed by atoms with E-state index < -0.39 is 0 Å². The van der Waals surface area contributed by atoms with Crippen molar-refractivity contribution < 1.29 is 0 Å². The molecule has 3 nitrogen and oxygen atoms in total. The summed E-state index contributed by atoms with van der Waals surface area (Å²) in [5.74, 6) is 0.988. The van der Waals surface area contributed by atoms with Crippen LogP contribution in [-0.2, 0) is 0 Å². The van der Waals surface area contributed by atoms with Crippen molar-refractivity contribution in [3.05, 3.63) is 36.5 Å². The third-order valence-electron chi connectivity index (χ3n) is 2.57. The van der Waals surface area contributed by atoms with Gasteiger partial charge in [0.1, 0.15) is 5.82 Å². The van der Waals surface area contributed by atoms with Gasteiger partial charge in [-0.1, -0.05) is 12.1 Å². The van der Waals surface area contributed by atoms with Gasteiger partial charge in [-0.25, -0.2) is 4.98 Å². The van der Waals surface area contributed by atoms with E-state index in [1.807, 2.05) is 31.3 Å². The topological polar surface area (TPSA) is 42.2 Å². The molecular weight excluding hydrogens is 198 g/mol. The molecule has 88 valence electrons. The zero-order valence-electron chi connectivity index (χ0n) is 10.2. The lowest BCUT2D eigenvalue weighted by Crippen LogP contribution is -2.22. The fourth-order valence-electron chi connectivity index (χ4n) is 1.66. The average molecular weight is 219 g/mol. The first-order valence-electron chi connectivity index (χ1n) is 5.69. The molecule has 0 spiro atoms. The van der Waals surface area contributed by atoms with Gasteiger partial charge in [0.25, 0.3) is 0 Å². The van der Waals surface area contributed by atoms with Gasteiger partial charge in [0, 0.05) is 31.4 Å². The maximum Gasteiger partial charge on any atom is 0.133 e.